The number of aromatic nitrogens is 6. The van der Waals surface area contributed by atoms with Gasteiger partial charge in [0.1, 0.15) is 0 Å². The molecule has 0 N–H and O–H groups in total. The zero-order valence-corrected chi connectivity index (χ0v) is 42.7. The third-order valence-electron chi connectivity index (χ3n) is 8.09. The Hall–Kier alpha value is 0.264. The Kier molecular flexibility index (Phi) is 18.6. The van der Waals surface area contributed by atoms with Gasteiger partial charge in [-0.1, -0.05) is 72.2 Å². The van der Waals surface area contributed by atoms with Gasteiger partial charge in [-0.05, 0) is 103 Å². The quantitative estimate of drug-likeness (QED) is 0.0997. The Morgan fingerprint density at radius 2 is 0.940 bits per heavy atom. The minimum Gasteiger partial charge on any atom is -0.541 e. The van der Waals surface area contributed by atoms with Crippen LogP contribution in [0.1, 0.15) is 48.6 Å². The number of nitrogens with zero attached hydrogens (tertiary/aromatic N) is 6. The monoisotopic (exact) mass is 1320 g/mol. The number of hydrogen-bond acceptors (Lipinski definition) is 8. The van der Waals surface area contributed by atoms with Crippen LogP contribution < -0.4 is 0 Å². The molecule has 2 aliphatic carbocycles. The van der Waals surface area contributed by atoms with Crippen LogP contribution in [0.5, 0.6) is 0 Å². The van der Waals surface area contributed by atoms with Crippen molar-refractivity contribution in [2.75, 3.05) is 11.5 Å². The summed E-state index contributed by atoms with van der Waals surface area (Å²) >= 11 is 9.60. The Morgan fingerprint density at radius 1 is 0.580 bits per heavy atom. The van der Waals surface area contributed by atoms with E-state index in [0.29, 0.717) is 31.6 Å². The van der Waals surface area contributed by atoms with Gasteiger partial charge < -0.3 is 9.59 Å². The largest absolute Gasteiger partial charge is 0.541 e. The Bertz CT molecular complexity index is 1950. The van der Waals surface area contributed by atoms with E-state index in [0.717, 1.165) is 11.4 Å². The van der Waals surface area contributed by atoms with Crippen molar-refractivity contribution < 1.29 is 117 Å². The zero-order valence-electron chi connectivity index (χ0n) is 26.4. The maximum Gasteiger partial charge on any atom is 0.205 e. The SMILES string of the molecule is O=[C-]CSc1nnc(Br)n1-c1ccc(C2CC2)c2ccccc12.O=[C-]CSc1nnc(Br)n1-c1ccc(C2CC2)c2ccccc12.[W].[W].[Y].[Y]. The molecule has 2 fully saturated rings. The average molecular weight is 1320 g/mol. The van der Waals surface area contributed by atoms with E-state index in [1.165, 1.54) is 81.9 Å². The zero-order chi connectivity index (χ0) is 31.6. The van der Waals surface area contributed by atoms with Gasteiger partial charge in [0, 0.05) is 118 Å². The molecule has 2 saturated carbocycles. The van der Waals surface area contributed by atoms with Gasteiger partial charge in [-0.25, -0.2) is 0 Å². The number of fused-ring (bicyclic) bond motifs is 2. The molecule has 0 bridgehead atoms. The van der Waals surface area contributed by atoms with Crippen LogP contribution >= 0.6 is 55.4 Å². The summed E-state index contributed by atoms with van der Waals surface area (Å²) in [5, 5.41) is 22.8. The molecule has 6 aromatic rings. The van der Waals surface area contributed by atoms with E-state index in [1.807, 2.05) is 33.8 Å². The molecule has 0 unspecified atom stereocenters. The van der Waals surface area contributed by atoms with Gasteiger partial charge in [0.2, 0.25) is 9.47 Å². The van der Waals surface area contributed by atoms with Crippen LogP contribution in [0.15, 0.2) is 92.6 Å². The van der Waals surface area contributed by atoms with Crippen molar-refractivity contribution in [1.82, 2.24) is 29.5 Å². The predicted molar refractivity (Wildman–Crippen MR) is 190 cm³/mol. The van der Waals surface area contributed by atoms with Gasteiger partial charge in [0.25, 0.3) is 0 Å². The van der Waals surface area contributed by atoms with Gasteiger partial charge in [0.15, 0.2) is 10.3 Å². The molecule has 2 heterocycles. The molecular weight excluding hydrogens is 1290 g/mol. The summed E-state index contributed by atoms with van der Waals surface area (Å²) in [5.74, 6) is 1.86. The molecule has 8 nitrogen and oxygen atoms in total. The van der Waals surface area contributed by atoms with Crippen LogP contribution in [0.4, 0.5) is 0 Å². The third kappa shape index (κ3) is 9.92. The van der Waals surface area contributed by atoms with Crippen LogP contribution in [0.2, 0.25) is 0 Å². The van der Waals surface area contributed by atoms with E-state index in [1.54, 1.807) is 0 Å². The number of thioether (sulfide) groups is 2. The van der Waals surface area contributed by atoms with Gasteiger partial charge in [-0.2, -0.15) is 0 Å². The molecular formula is C34H26Br2N6O2S2W2Y2-2. The second kappa shape index (κ2) is 20.8. The summed E-state index contributed by atoms with van der Waals surface area (Å²) in [6, 6.07) is 25.5. The van der Waals surface area contributed by atoms with Crippen LogP contribution in [0, 0.1) is 0 Å². The summed E-state index contributed by atoms with van der Waals surface area (Å²) in [6.45, 7) is 0. The number of halogens is 2. The first kappa shape index (κ1) is 44.7. The second-order valence-corrected chi connectivity index (χ2v) is 14.3. The van der Waals surface area contributed by atoms with Crippen molar-refractivity contribution in [3.8, 4) is 11.4 Å². The van der Waals surface area contributed by atoms with Crippen molar-refractivity contribution >= 4 is 89.5 Å². The summed E-state index contributed by atoms with van der Waals surface area (Å²) < 4.78 is 5.16. The molecule has 16 heteroatoms. The number of hydrogen-bond donors (Lipinski definition) is 0. The maximum absolute atomic E-state index is 10.6. The van der Waals surface area contributed by atoms with Gasteiger partial charge >= 0.3 is 0 Å². The summed E-state index contributed by atoms with van der Waals surface area (Å²) in [6.07, 6.45) is 8.88. The second-order valence-electron chi connectivity index (χ2n) is 11.0. The molecule has 0 spiro atoms. The predicted octanol–water partition coefficient (Wildman–Crippen LogP) is 8.51. The van der Waals surface area contributed by atoms with Crippen LogP contribution in [0.25, 0.3) is 32.9 Å². The molecule has 2 aliphatic rings. The molecule has 2 aromatic heterocycles. The fourth-order valence-corrected chi connectivity index (χ4v) is 8.10. The van der Waals surface area contributed by atoms with E-state index in [-0.39, 0.29) is 119 Å². The third-order valence-corrected chi connectivity index (χ3v) is 10.7. The van der Waals surface area contributed by atoms with Crippen LogP contribution in [-0.4, -0.2) is 53.6 Å². The first-order valence-corrected chi connectivity index (χ1v) is 18.4. The molecule has 2 radical (unpaired) electrons. The Morgan fingerprint density at radius 3 is 1.28 bits per heavy atom. The van der Waals surface area contributed by atoms with E-state index in [2.05, 4.69) is 113 Å². The molecule has 0 amide bonds. The number of carbonyl (C=O) groups excluding carboxylic acids is 2. The fraction of sp³-hybridized carbons (Fsp3) is 0.235. The Balaban J connectivity index is 0.000000250. The van der Waals surface area contributed by atoms with Crippen molar-refractivity contribution in [1.29, 1.82) is 0 Å². The van der Waals surface area contributed by atoms with Gasteiger partial charge in [0.05, 0.1) is 11.4 Å². The van der Waals surface area contributed by atoms with Gasteiger partial charge in [-0.15, -0.1) is 43.9 Å². The van der Waals surface area contributed by atoms with Crippen molar-refractivity contribution in [2.45, 2.75) is 47.8 Å². The molecule has 4 aromatic carbocycles. The fourth-order valence-electron chi connectivity index (χ4n) is 5.79. The van der Waals surface area contributed by atoms with Gasteiger partial charge in [-0.3, -0.25) is 21.7 Å². The van der Waals surface area contributed by atoms with E-state index in [4.69, 9.17) is 0 Å². The molecule has 0 atom stereocenters. The van der Waals surface area contributed by atoms with Crippen molar-refractivity contribution in [2.24, 2.45) is 0 Å². The minimum atomic E-state index is 0. The molecule has 250 valence electrons. The molecule has 50 heavy (non-hydrogen) atoms. The summed E-state index contributed by atoms with van der Waals surface area (Å²) in [7, 11) is 0. The van der Waals surface area contributed by atoms with Crippen LogP contribution in [-0.2, 0) is 117 Å². The topological polar surface area (TPSA) is 95.6 Å². The Labute approximate surface area is 394 Å². The number of benzene rings is 4. The van der Waals surface area contributed by atoms with Crippen molar-refractivity contribution in [3.05, 3.63) is 93.4 Å². The van der Waals surface area contributed by atoms with E-state index >= 15 is 0 Å². The van der Waals surface area contributed by atoms with Crippen molar-refractivity contribution in [3.63, 3.8) is 0 Å². The molecule has 0 saturated heterocycles. The molecule has 8 rings (SSSR count). The summed E-state index contributed by atoms with van der Waals surface area (Å²) in [5.41, 5.74) is 4.89. The van der Waals surface area contributed by atoms with E-state index in [9.17, 15) is 9.59 Å². The normalized spacial score (nSPS) is 13.2. The smallest absolute Gasteiger partial charge is 0.205 e. The minimum absolute atomic E-state index is 0. The first-order valence-electron chi connectivity index (χ1n) is 14.8. The standard InChI is InChI=1S/2C17H13BrN3OS.2W.2Y/c2*18-16-19-20-17(23-10-9-22)21(16)15-8-7-12(11-5-6-11)13-3-1-2-4-14(13)15;;;;/h2*1-4,7-8,11H,5-6,10H2;;;;/q2*-1;;;;. The molecule has 0 aliphatic heterocycles. The number of rotatable bonds is 10. The summed E-state index contributed by atoms with van der Waals surface area (Å²) in [4.78, 5) is 21.1. The van der Waals surface area contributed by atoms with Crippen LogP contribution in [0.3, 0.4) is 0 Å². The maximum atomic E-state index is 10.6. The first-order chi connectivity index (χ1) is 22.6. The van der Waals surface area contributed by atoms with E-state index < -0.39 is 0 Å². The average Bonchev–Trinajstić information content (AvgIpc) is 4.03.